The summed E-state index contributed by atoms with van der Waals surface area (Å²) < 4.78 is 5.23. The van der Waals surface area contributed by atoms with Crippen LogP contribution in [0.15, 0.2) is 76.7 Å². The van der Waals surface area contributed by atoms with Gasteiger partial charge in [-0.15, -0.1) is 11.3 Å². The SMILES string of the molecule is Cc1ccc(-c2nc(CC(=O)Nc3ccccc3C(=O)NCc3ccco3)cs2)cc1. The first-order chi connectivity index (χ1) is 15.1. The molecule has 0 saturated heterocycles. The molecular formula is C24H21N3O3S. The van der Waals surface area contributed by atoms with E-state index in [1.165, 1.54) is 16.9 Å². The minimum atomic E-state index is -0.289. The van der Waals surface area contributed by atoms with E-state index in [2.05, 4.69) is 15.6 Å². The second kappa shape index (κ2) is 9.40. The van der Waals surface area contributed by atoms with Crippen molar-refractivity contribution in [1.29, 1.82) is 0 Å². The van der Waals surface area contributed by atoms with Crippen molar-refractivity contribution in [3.8, 4) is 10.6 Å². The fourth-order valence-electron chi connectivity index (χ4n) is 3.04. The first kappa shape index (κ1) is 20.6. The molecule has 0 aliphatic rings. The third-order valence-electron chi connectivity index (χ3n) is 4.64. The van der Waals surface area contributed by atoms with Crippen LogP contribution in [0.5, 0.6) is 0 Å². The van der Waals surface area contributed by atoms with Gasteiger partial charge in [0.2, 0.25) is 5.91 Å². The lowest BCUT2D eigenvalue weighted by Gasteiger charge is -2.10. The Morgan fingerprint density at radius 1 is 1.03 bits per heavy atom. The van der Waals surface area contributed by atoms with Crippen molar-refractivity contribution in [2.24, 2.45) is 0 Å². The Bertz CT molecular complexity index is 1180. The molecular weight excluding hydrogens is 410 g/mol. The van der Waals surface area contributed by atoms with Crippen molar-refractivity contribution < 1.29 is 14.0 Å². The minimum absolute atomic E-state index is 0.130. The van der Waals surface area contributed by atoms with E-state index >= 15 is 0 Å². The monoisotopic (exact) mass is 431 g/mol. The van der Waals surface area contributed by atoms with Gasteiger partial charge < -0.3 is 15.1 Å². The number of hydrogen-bond acceptors (Lipinski definition) is 5. The molecule has 31 heavy (non-hydrogen) atoms. The number of thiazole rings is 1. The molecule has 0 saturated carbocycles. The van der Waals surface area contributed by atoms with Crippen LogP contribution in [0.1, 0.15) is 27.4 Å². The van der Waals surface area contributed by atoms with E-state index in [0.29, 0.717) is 22.7 Å². The fraction of sp³-hybridized carbons (Fsp3) is 0.125. The van der Waals surface area contributed by atoms with E-state index in [1.54, 1.807) is 42.7 Å². The Balaban J connectivity index is 1.40. The zero-order chi connectivity index (χ0) is 21.6. The van der Waals surface area contributed by atoms with Gasteiger partial charge in [-0.3, -0.25) is 9.59 Å². The van der Waals surface area contributed by atoms with Crippen LogP contribution in [0.4, 0.5) is 5.69 Å². The Hall–Kier alpha value is -3.71. The van der Waals surface area contributed by atoms with Crippen LogP contribution in [0.3, 0.4) is 0 Å². The molecule has 0 atom stereocenters. The summed E-state index contributed by atoms with van der Waals surface area (Å²) in [5.41, 5.74) is 3.75. The highest BCUT2D eigenvalue weighted by Gasteiger charge is 2.15. The molecule has 156 valence electrons. The molecule has 0 spiro atoms. The second-order valence-electron chi connectivity index (χ2n) is 7.04. The number of rotatable bonds is 7. The number of aromatic nitrogens is 1. The molecule has 2 aromatic carbocycles. The zero-order valence-corrected chi connectivity index (χ0v) is 17.7. The third-order valence-corrected chi connectivity index (χ3v) is 5.58. The molecule has 0 unspecified atom stereocenters. The molecule has 2 N–H and O–H groups in total. The number of benzene rings is 2. The second-order valence-corrected chi connectivity index (χ2v) is 7.90. The van der Waals surface area contributed by atoms with Gasteiger partial charge in [0.15, 0.2) is 0 Å². The lowest BCUT2D eigenvalue weighted by atomic mass is 10.1. The van der Waals surface area contributed by atoms with Crippen LogP contribution in [0, 0.1) is 6.92 Å². The average Bonchev–Trinajstić information content (AvgIpc) is 3.45. The number of amides is 2. The number of furan rings is 1. The number of carbonyl (C=O) groups excluding carboxylic acids is 2. The van der Waals surface area contributed by atoms with Crippen LogP contribution < -0.4 is 10.6 Å². The Labute approximate surface area is 184 Å². The van der Waals surface area contributed by atoms with Crippen LogP contribution in [-0.2, 0) is 17.8 Å². The molecule has 4 rings (SSSR count). The quantitative estimate of drug-likeness (QED) is 0.439. The topological polar surface area (TPSA) is 84.2 Å². The van der Waals surface area contributed by atoms with Crippen molar-refractivity contribution in [2.45, 2.75) is 19.9 Å². The summed E-state index contributed by atoms with van der Waals surface area (Å²) in [6.45, 7) is 2.31. The molecule has 0 aliphatic carbocycles. The number of anilines is 1. The lowest BCUT2D eigenvalue weighted by molar-refractivity contribution is -0.115. The van der Waals surface area contributed by atoms with Crippen LogP contribution in [0.25, 0.3) is 10.6 Å². The molecule has 0 radical (unpaired) electrons. The van der Waals surface area contributed by atoms with E-state index in [0.717, 1.165) is 10.6 Å². The number of nitrogens with zero attached hydrogens (tertiary/aromatic N) is 1. The summed E-state index contributed by atoms with van der Waals surface area (Å²) in [6, 6.07) is 18.6. The maximum atomic E-state index is 12.6. The highest BCUT2D eigenvalue weighted by atomic mass is 32.1. The van der Waals surface area contributed by atoms with Gasteiger partial charge in [0.25, 0.3) is 5.91 Å². The normalized spacial score (nSPS) is 10.6. The predicted molar refractivity (Wildman–Crippen MR) is 121 cm³/mol. The molecule has 0 bridgehead atoms. The lowest BCUT2D eigenvalue weighted by Crippen LogP contribution is -2.25. The van der Waals surface area contributed by atoms with Gasteiger partial charge in [-0.1, -0.05) is 42.0 Å². The summed E-state index contributed by atoms with van der Waals surface area (Å²) in [7, 11) is 0. The summed E-state index contributed by atoms with van der Waals surface area (Å²) in [6.07, 6.45) is 1.68. The molecule has 0 fully saturated rings. The van der Waals surface area contributed by atoms with Gasteiger partial charge in [0.05, 0.1) is 36.2 Å². The summed E-state index contributed by atoms with van der Waals surface area (Å²) >= 11 is 1.51. The van der Waals surface area contributed by atoms with E-state index in [4.69, 9.17) is 4.42 Å². The Morgan fingerprint density at radius 3 is 2.61 bits per heavy atom. The Morgan fingerprint density at radius 2 is 1.84 bits per heavy atom. The van der Waals surface area contributed by atoms with Crippen molar-refractivity contribution in [3.05, 3.63) is 94.9 Å². The van der Waals surface area contributed by atoms with E-state index < -0.39 is 0 Å². The first-order valence-electron chi connectivity index (χ1n) is 9.79. The van der Waals surface area contributed by atoms with Gasteiger partial charge in [-0.2, -0.15) is 0 Å². The van der Waals surface area contributed by atoms with Gasteiger partial charge in [0, 0.05) is 10.9 Å². The van der Waals surface area contributed by atoms with E-state index in [1.807, 2.05) is 36.6 Å². The van der Waals surface area contributed by atoms with Crippen molar-refractivity contribution in [3.63, 3.8) is 0 Å². The standard InChI is InChI=1S/C24H21N3O3S/c1-16-8-10-17(11-9-16)24-26-18(15-31-24)13-22(28)27-21-7-3-2-6-20(21)23(29)25-14-19-5-4-12-30-19/h2-12,15H,13-14H2,1H3,(H,25,29)(H,27,28). The molecule has 2 amide bonds. The minimum Gasteiger partial charge on any atom is -0.467 e. The molecule has 7 heteroatoms. The number of carbonyl (C=O) groups is 2. The Kier molecular flexibility index (Phi) is 6.24. The average molecular weight is 432 g/mol. The summed E-state index contributed by atoms with van der Waals surface area (Å²) in [4.78, 5) is 29.7. The van der Waals surface area contributed by atoms with Crippen molar-refractivity contribution in [2.75, 3.05) is 5.32 Å². The van der Waals surface area contributed by atoms with Gasteiger partial charge in [0.1, 0.15) is 10.8 Å². The third kappa shape index (κ3) is 5.26. The van der Waals surface area contributed by atoms with Crippen LogP contribution in [-0.4, -0.2) is 16.8 Å². The highest BCUT2D eigenvalue weighted by molar-refractivity contribution is 7.13. The molecule has 0 aliphatic heterocycles. The van der Waals surface area contributed by atoms with E-state index in [9.17, 15) is 9.59 Å². The number of hydrogen-bond donors (Lipinski definition) is 2. The smallest absolute Gasteiger partial charge is 0.253 e. The fourth-order valence-corrected chi connectivity index (χ4v) is 3.87. The molecule has 2 heterocycles. The molecule has 4 aromatic rings. The summed E-state index contributed by atoms with van der Waals surface area (Å²) in [5, 5.41) is 8.39. The number of aryl methyl sites for hydroxylation is 1. The molecule has 2 aromatic heterocycles. The van der Waals surface area contributed by atoms with Crippen molar-refractivity contribution >= 4 is 28.8 Å². The first-order valence-corrected chi connectivity index (χ1v) is 10.7. The largest absolute Gasteiger partial charge is 0.467 e. The van der Waals surface area contributed by atoms with Crippen LogP contribution >= 0.6 is 11.3 Å². The molecule has 6 nitrogen and oxygen atoms in total. The maximum absolute atomic E-state index is 12.6. The van der Waals surface area contributed by atoms with Gasteiger partial charge in [-0.25, -0.2) is 4.98 Å². The highest BCUT2D eigenvalue weighted by Crippen LogP contribution is 2.24. The van der Waals surface area contributed by atoms with Gasteiger partial charge in [-0.05, 0) is 31.2 Å². The van der Waals surface area contributed by atoms with Crippen molar-refractivity contribution in [1.82, 2.24) is 10.3 Å². The zero-order valence-electron chi connectivity index (χ0n) is 16.9. The predicted octanol–water partition coefficient (Wildman–Crippen LogP) is 4.82. The summed E-state index contributed by atoms with van der Waals surface area (Å²) in [5.74, 6) is 0.137. The van der Waals surface area contributed by atoms with Crippen LogP contribution in [0.2, 0.25) is 0 Å². The maximum Gasteiger partial charge on any atom is 0.253 e. The number of para-hydroxylation sites is 1. The van der Waals surface area contributed by atoms with E-state index in [-0.39, 0.29) is 24.8 Å². The van der Waals surface area contributed by atoms with Gasteiger partial charge >= 0.3 is 0 Å². The number of nitrogens with one attached hydrogen (secondary N) is 2.